The van der Waals surface area contributed by atoms with Crippen LogP contribution in [0.15, 0.2) is 12.3 Å². The van der Waals surface area contributed by atoms with E-state index in [4.69, 9.17) is 4.74 Å². The first kappa shape index (κ1) is 13.6. The first-order valence-electron chi connectivity index (χ1n) is 6.96. The highest BCUT2D eigenvalue weighted by Gasteiger charge is 2.32. The second-order valence-corrected chi connectivity index (χ2v) is 5.24. The lowest BCUT2D eigenvalue weighted by molar-refractivity contribution is 0.00750. The molecule has 18 heavy (non-hydrogen) atoms. The van der Waals surface area contributed by atoms with Gasteiger partial charge < -0.3 is 10.1 Å². The maximum absolute atomic E-state index is 5.82. The van der Waals surface area contributed by atoms with Crippen LogP contribution in [0.25, 0.3) is 0 Å². The molecular weight excluding hydrogens is 226 g/mol. The molecular formula is C14H25N3O. The maximum Gasteiger partial charge on any atom is 0.0809 e. The van der Waals surface area contributed by atoms with Crippen molar-refractivity contribution < 1.29 is 4.74 Å². The summed E-state index contributed by atoms with van der Waals surface area (Å²) in [5, 5.41) is 7.68. The third-order valence-electron chi connectivity index (χ3n) is 4.20. The summed E-state index contributed by atoms with van der Waals surface area (Å²) in [6.07, 6.45) is 8.73. The van der Waals surface area contributed by atoms with E-state index in [9.17, 15) is 0 Å². The van der Waals surface area contributed by atoms with E-state index in [1.807, 2.05) is 32.1 Å². The third kappa shape index (κ3) is 2.75. The summed E-state index contributed by atoms with van der Waals surface area (Å²) < 4.78 is 7.76. The van der Waals surface area contributed by atoms with Crippen LogP contribution in [0.3, 0.4) is 0 Å². The van der Waals surface area contributed by atoms with Gasteiger partial charge in [0.1, 0.15) is 0 Å². The van der Waals surface area contributed by atoms with Crippen molar-refractivity contribution in [3.63, 3.8) is 0 Å². The molecule has 0 radical (unpaired) electrons. The molecule has 2 unspecified atom stereocenters. The number of aryl methyl sites for hydroxylation is 1. The van der Waals surface area contributed by atoms with Gasteiger partial charge >= 0.3 is 0 Å². The van der Waals surface area contributed by atoms with E-state index in [1.165, 1.54) is 37.8 Å². The molecule has 1 N–H and O–H groups in total. The number of nitrogens with zero attached hydrogens (tertiary/aromatic N) is 2. The van der Waals surface area contributed by atoms with Crippen molar-refractivity contribution in [2.75, 3.05) is 14.2 Å². The van der Waals surface area contributed by atoms with Gasteiger partial charge in [-0.15, -0.1) is 0 Å². The highest BCUT2D eigenvalue weighted by molar-refractivity contribution is 5.09. The minimum Gasteiger partial charge on any atom is -0.379 e. The zero-order chi connectivity index (χ0) is 13.0. The van der Waals surface area contributed by atoms with Crippen molar-refractivity contribution in [2.24, 2.45) is 13.0 Å². The summed E-state index contributed by atoms with van der Waals surface area (Å²) in [7, 11) is 5.83. The molecule has 1 aromatic heterocycles. The molecule has 0 saturated heterocycles. The Hall–Kier alpha value is -0.870. The first-order chi connectivity index (χ1) is 8.77. The normalized spacial score (nSPS) is 20.8. The molecule has 1 aliphatic rings. The van der Waals surface area contributed by atoms with Crippen LogP contribution in [-0.4, -0.2) is 30.0 Å². The Morgan fingerprint density at radius 2 is 2.11 bits per heavy atom. The van der Waals surface area contributed by atoms with Crippen molar-refractivity contribution in [1.29, 1.82) is 0 Å². The van der Waals surface area contributed by atoms with E-state index < -0.39 is 0 Å². The van der Waals surface area contributed by atoms with Gasteiger partial charge in [0.05, 0.1) is 17.8 Å². The van der Waals surface area contributed by atoms with Crippen LogP contribution in [0.2, 0.25) is 0 Å². The van der Waals surface area contributed by atoms with E-state index in [0.29, 0.717) is 5.92 Å². The number of ether oxygens (including phenoxy) is 1. The predicted molar refractivity (Wildman–Crippen MR) is 72.4 cm³/mol. The summed E-state index contributed by atoms with van der Waals surface area (Å²) in [6.45, 7) is 0. The number of hydrogen-bond acceptors (Lipinski definition) is 3. The van der Waals surface area contributed by atoms with Crippen molar-refractivity contribution in [1.82, 2.24) is 15.1 Å². The summed E-state index contributed by atoms with van der Waals surface area (Å²) in [5.41, 5.74) is 1.20. The number of nitrogens with one attached hydrogen (secondary N) is 1. The third-order valence-corrected chi connectivity index (χ3v) is 4.20. The molecule has 2 atom stereocenters. The number of aromatic nitrogens is 2. The van der Waals surface area contributed by atoms with Crippen LogP contribution in [0.1, 0.15) is 43.8 Å². The van der Waals surface area contributed by atoms with Gasteiger partial charge in [0.15, 0.2) is 0 Å². The smallest absolute Gasteiger partial charge is 0.0809 e. The second-order valence-electron chi connectivity index (χ2n) is 5.24. The molecule has 1 fully saturated rings. The molecule has 1 heterocycles. The fourth-order valence-electron chi connectivity index (χ4n) is 3.23. The lowest BCUT2D eigenvalue weighted by Gasteiger charge is -2.34. The molecule has 1 saturated carbocycles. The minimum absolute atomic E-state index is 0.227. The van der Waals surface area contributed by atoms with E-state index in [0.717, 1.165) is 0 Å². The van der Waals surface area contributed by atoms with Crippen LogP contribution < -0.4 is 5.32 Å². The average Bonchev–Trinajstić information content (AvgIpc) is 2.83. The predicted octanol–water partition coefficient (Wildman–Crippen LogP) is 2.28. The molecule has 2 rings (SSSR count). The Morgan fingerprint density at radius 3 is 2.61 bits per heavy atom. The standard InChI is InChI=1S/C14H25N3O/c1-15-13(12-9-10-16-17(12)2)14(18-3)11-7-5-4-6-8-11/h9-11,13-15H,4-8H2,1-3H3. The average molecular weight is 251 g/mol. The van der Waals surface area contributed by atoms with Gasteiger partial charge in [-0.3, -0.25) is 4.68 Å². The Balaban J connectivity index is 2.15. The molecule has 102 valence electrons. The van der Waals surface area contributed by atoms with E-state index >= 15 is 0 Å². The fraction of sp³-hybridized carbons (Fsp3) is 0.786. The van der Waals surface area contributed by atoms with Crippen LogP contribution in [-0.2, 0) is 11.8 Å². The molecule has 0 aromatic carbocycles. The van der Waals surface area contributed by atoms with Gasteiger partial charge in [-0.2, -0.15) is 5.10 Å². The fourth-order valence-corrected chi connectivity index (χ4v) is 3.23. The summed E-state index contributed by atoms with van der Waals surface area (Å²) in [4.78, 5) is 0. The highest BCUT2D eigenvalue weighted by Crippen LogP contribution is 2.33. The highest BCUT2D eigenvalue weighted by atomic mass is 16.5. The van der Waals surface area contributed by atoms with Gasteiger partial charge in [-0.1, -0.05) is 19.3 Å². The largest absolute Gasteiger partial charge is 0.379 e. The molecule has 0 bridgehead atoms. The molecule has 0 aliphatic heterocycles. The maximum atomic E-state index is 5.82. The minimum atomic E-state index is 0.227. The molecule has 1 aliphatic carbocycles. The summed E-state index contributed by atoms with van der Waals surface area (Å²) in [6, 6.07) is 2.31. The monoisotopic (exact) mass is 251 g/mol. The SMILES string of the molecule is CNC(c1ccnn1C)C(OC)C1CCCCC1. The Bertz CT molecular complexity index is 358. The summed E-state index contributed by atoms with van der Waals surface area (Å²) >= 11 is 0. The molecule has 0 amide bonds. The lowest BCUT2D eigenvalue weighted by atomic mass is 9.82. The van der Waals surface area contributed by atoms with E-state index in [1.54, 1.807) is 0 Å². The Labute approximate surface area is 110 Å². The number of rotatable bonds is 5. The van der Waals surface area contributed by atoms with Gasteiger partial charge in [0.25, 0.3) is 0 Å². The quantitative estimate of drug-likeness (QED) is 0.872. The number of methoxy groups -OCH3 is 1. The number of hydrogen-bond donors (Lipinski definition) is 1. The van der Waals surface area contributed by atoms with Gasteiger partial charge in [0, 0.05) is 20.4 Å². The lowest BCUT2D eigenvalue weighted by Crippen LogP contribution is -2.38. The van der Waals surface area contributed by atoms with Gasteiger partial charge in [-0.05, 0) is 31.9 Å². The number of likely N-dealkylation sites (N-methyl/N-ethyl adjacent to an activating group) is 1. The topological polar surface area (TPSA) is 39.1 Å². The van der Waals surface area contributed by atoms with Crippen LogP contribution in [0, 0.1) is 5.92 Å². The summed E-state index contributed by atoms with van der Waals surface area (Å²) in [5.74, 6) is 0.663. The van der Waals surface area contributed by atoms with Crippen molar-refractivity contribution >= 4 is 0 Å². The Kier molecular flexibility index (Phi) is 4.78. The molecule has 1 aromatic rings. The van der Waals surface area contributed by atoms with Crippen LogP contribution >= 0.6 is 0 Å². The zero-order valence-electron chi connectivity index (χ0n) is 11.7. The molecule has 4 heteroatoms. The van der Waals surface area contributed by atoms with E-state index in [2.05, 4.69) is 16.5 Å². The van der Waals surface area contributed by atoms with Crippen molar-refractivity contribution in [3.8, 4) is 0 Å². The molecule has 0 spiro atoms. The van der Waals surface area contributed by atoms with Crippen LogP contribution in [0.5, 0.6) is 0 Å². The van der Waals surface area contributed by atoms with Gasteiger partial charge in [-0.25, -0.2) is 0 Å². The second kappa shape index (κ2) is 6.34. The molecule has 4 nitrogen and oxygen atoms in total. The van der Waals surface area contributed by atoms with E-state index in [-0.39, 0.29) is 12.1 Å². The van der Waals surface area contributed by atoms with Crippen LogP contribution in [0.4, 0.5) is 0 Å². The van der Waals surface area contributed by atoms with Crippen molar-refractivity contribution in [2.45, 2.75) is 44.2 Å². The first-order valence-corrected chi connectivity index (χ1v) is 6.96. The zero-order valence-corrected chi connectivity index (χ0v) is 11.7. The van der Waals surface area contributed by atoms with Gasteiger partial charge in [0.2, 0.25) is 0 Å². The Morgan fingerprint density at radius 1 is 1.39 bits per heavy atom. The van der Waals surface area contributed by atoms with Crippen molar-refractivity contribution in [3.05, 3.63) is 18.0 Å².